The van der Waals surface area contributed by atoms with E-state index < -0.39 is 0 Å². The molecule has 2 rings (SSSR count). The summed E-state index contributed by atoms with van der Waals surface area (Å²) in [5, 5.41) is 0. The van der Waals surface area contributed by atoms with E-state index in [0.29, 0.717) is 26.3 Å². The Balaban J connectivity index is 2.11. The molecule has 0 unspecified atom stereocenters. The summed E-state index contributed by atoms with van der Waals surface area (Å²) in [6.45, 7) is 4.63. The van der Waals surface area contributed by atoms with Crippen LogP contribution in [0.1, 0.15) is 15.9 Å². The Morgan fingerprint density at radius 1 is 1.43 bits per heavy atom. The standard InChI is InChI=1S/C10H14N2O2/c1-8-6-11-7-9(8)10(13)12-2-4-14-5-3-12/h6-7,11H,2-5H2,1H3. The highest BCUT2D eigenvalue weighted by molar-refractivity contribution is 5.95. The first-order chi connectivity index (χ1) is 6.79. The number of hydrogen-bond acceptors (Lipinski definition) is 2. The van der Waals surface area contributed by atoms with Gasteiger partial charge in [0.15, 0.2) is 0 Å². The van der Waals surface area contributed by atoms with Crippen LogP contribution in [0, 0.1) is 6.92 Å². The third-order valence-corrected chi connectivity index (χ3v) is 2.48. The van der Waals surface area contributed by atoms with Gasteiger partial charge in [-0.1, -0.05) is 0 Å². The number of H-pyrrole nitrogens is 1. The van der Waals surface area contributed by atoms with E-state index in [1.165, 1.54) is 0 Å². The summed E-state index contributed by atoms with van der Waals surface area (Å²) in [6.07, 6.45) is 3.60. The van der Waals surface area contributed by atoms with Crippen LogP contribution in [-0.2, 0) is 4.74 Å². The van der Waals surface area contributed by atoms with E-state index in [1.54, 1.807) is 6.20 Å². The third kappa shape index (κ3) is 1.65. The Morgan fingerprint density at radius 3 is 2.71 bits per heavy atom. The van der Waals surface area contributed by atoms with Crippen molar-refractivity contribution in [1.29, 1.82) is 0 Å². The molecule has 0 bridgehead atoms. The number of nitrogens with one attached hydrogen (secondary N) is 1. The second-order valence-electron chi connectivity index (χ2n) is 3.46. The number of amides is 1. The summed E-state index contributed by atoms with van der Waals surface area (Å²) in [5.41, 5.74) is 1.77. The van der Waals surface area contributed by atoms with Crippen molar-refractivity contribution in [3.8, 4) is 0 Å². The minimum atomic E-state index is 0.104. The molecular formula is C10H14N2O2. The zero-order valence-corrected chi connectivity index (χ0v) is 8.25. The average Bonchev–Trinajstić information content (AvgIpc) is 2.65. The quantitative estimate of drug-likeness (QED) is 0.718. The lowest BCUT2D eigenvalue weighted by Gasteiger charge is -2.26. The number of nitrogens with zero attached hydrogens (tertiary/aromatic N) is 1. The molecule has 1 aliphatic rings. The lowest BCUT2D eigenvalue weighted by Crippen LogP contribution is -2.40. The SMILES string of the molecule is Cc1c[nH]cc1C(=O)N1CCOCC1. The van der Waals surface area contributed by atoms with Gasteiger partial charge < -0.3 is 14.6 Å². The average molecular weight is 194 g/mol. The number of rotatable bonds is 1. The van der Waals surface area contributed by atoms with Crippen molar-refractivity contribution in [2.75, 3.05) is 26.3 Å². The van der Waals surface area contributed by atoms with Crippen molar-refractivity contribution >= 4 is 5.91 Å². The first-order valence-electron chi connectivity index (χ1n) is 4.79. The Labute approximate surface area is 82.9 Å². The predicted octanol–water partition coefficient (Wildman–Crippen LogP) is 0.796. The van der Waals surface area contributed by atoms with E-state index >= 15 is 0 Å². The number of carbonyl (C=O) groups excluding carboxylic acids is 1. The molecule has 1 aromatic rings. The molecule has 76 valence electrons. The molecule has 1 aromatic heterocycles. The fourth-order valence-electron chi connectivity index (χ4n) is 1.61. The highest BCUT2D eigenvalue weighted by Gasteiger charge is 2.19. The molecule has 0 aromatic carbocycles. The van der Waals surface area contributed by atoms with Crippen molar-refractivity contribution in [3.05, 3.63) is 23.5 Å². The van der Waals surface area contributed by atoms with E-state index in [9.17, 15) is 4.79 Å². The normalized spacial score (nSPS) is 17.1. The highest BCUT2D eigenvalue weighted by atomic mass is 16.5. The van der Waals surface area contributed by atoms with Gasteiger partial charge in [-0.15, -0.1) is 0 Å². The zero-order chi connectivity index (χ0) is 9.97. The zero-order valence-electron chi connectivity index (χ0n) is 8.25. The largest absolute Gasteiger partial charge is 0.378 e. The van der Waals surface area contributed by atoms with E-state index in [0.717, 1.165) is 11.1 Å². The Morgan fingerprint density at radius 2 is 2.14 bits per heavy atom. The molecule has 1 saturated heterocycles. The maximum Gasteiger partial charge on any atom is 0.255 e. The Hall–Kier alpha value is -1.29. The molecule has 0 saturated carbocycles. The first kappa shape index (κ1) is 9.27. The number of aromatic nitrogens is 1. The fraction of sp³-hybridized carbons (Fsp3) is 0.500. The van der Waals surface area contributed by atoms with E-state index in [2.05, 4.69) is 4.98 Å². The Bertz CT molecular complexity index is 327. The van der Waals surface area contributed by atoms with Crippen LogP contribution in [0.3, 0.4) is 0 Å². The van der Waals surface area contributed by atoms with Crippen molar-refractivity contribution < 1.29 is 9.53 Å². The molecule has 2 heterocycles. The lowest BCUT2D eigenvalue weighted by molar-refractivity contribution is 0.0302. The molecule has 0 radical (unpaired) electrons. The molecular weight excluding hydrogens is 180 g/mol. The monoisotopic (exact) mass is 194 g/mol. The second kappa shape index (κ2) is 3.84. The van der Waals surface area contributed by atoms with Gasteiger partial charge >= 0.3 is 0 Å². The first-order valence-corrected chi connectivity index (χ1v) is 4.79. The maximum absolute atomic E-state index is 11.9. The van der Waals surface area contributed by atoms with E-state index in [-0.39, 0.29) is 5.91 Å². The second-order valence-corrected chi connectivity index (χ2v) is 3.46. The van der Waals surface area contributed by atoms with Gasteiger partial charge in [-0.05, 0) is 12.5 Å². The van der Waals surface area contributed by atoms with Crippen molar-refractivity contribution in [2.45, 2.75) is 6.92 Å². The highest BCUT2D eigenvalue weighted by Crippen LogP contribution is 2.10. The minimum Gasteiger partial charge on any atom is -0.378 e. The van der Waals surface area contributed by atoms with E-state index in [4.69, 9.17) is 4.74 Å². The van der Waals surface area contributed by atoms with Crippen LogP contribution in [0.2, 0.25) is 0 Å². The lowest BCUT2D eigenvalue weighted by atomic mass is 10.2. The smallest absolute Gasteiger partial charge is 0.255 e. The number of ether oxygens (including phenoxy) is 1. The third-order valence-electron chi connectivity index (χ3n) is 2.48. The summed E-state index contributed by atoms with van der Waals surface area (Å²) < 4.78 is 5.20. The van der Waals surface area contributed by atoms with Gasteiger partial charge in [0, 0.05) is 25.5 Å². The Kier molecular flexibility index (Phi) is 2.54. The molecule has 0 spiro atoms. The number of carbonyl (C=O) groups is 1. The molecule has 4 nitrogen and oxygen atoms in total. The summed E-state index contributed by atoms with van der Waals surface area (Å²) in [4.78, 5) is 16.7. The van der Waals surface area contributed by atoms with Crippen LogP contribution in [0.5, 0.6) is 0 Å². The summed E-state index contributed by atoms with van der Waals surface area (Å²) >= 11 is 0. The molecule has 4 heteroatoms. The van der Waals surface area contributed by atoms with Gasteiger partial charge in [0.05, 0.1) is 18.8 Å². The maximum atomic E-state index is 11.9. The minimum absolute atomic E-state index is 0.104. The molecule has 0 aliphatic carbocycles. The van der Waals surface area contributed by atoms with Gasteiger partial charge in [0.25, 0.3) is 5.91 Å². The van der Waals surface area contributed by atoms with Crippen LogP contribution in [0.15, 0.2) is 12.4 Å². The summed E-state index contributed by atoms with van der Waals surface area (Å²) in [6, 6.07) is 0. The van der Waals surface area contributed by atoms with Crippen LogP contribution < -0.4 is 0 Å². The molecule has 0 atom stereocenters. The van der Waals surface area contributed by atoms with Crippen LogP contribution in [-0.4, -0.2) is 42.1 Å². The predicted molar refractivity (Wildman–Crippen MR) is 52.3 cm³/mol. The van der Waals surface area contributed by atoms with Gasteiger partial charge in [-0.2, -0.15) is 0 Å². The van der Waals surface area contributed by atoms with Crippen LogP contribution in [0.25, 0.3) is 0 Å². The van der Waals surface area contributed by atoms with Crippen molar-refractivity contribution in [3.63, 3.8) is 0 Å². The fourth-order valence-corrected chi connectivity index (χ4v) is 1.61. The number of aromatic amines is 1. The van der Waals surface area contributed by atoms with Gasteiger partial charge in [-0.25, -0.2) is 0 Å². The summed E-state index contributed by atoms with van der Waals surface area (Å²) in [5.74, 6) is 0.104. The molecule has 1 aliphatic heterocycles. The van der Waals surface area contributed by atoms with Crippen molar-refractivity contribution in [1.82, 2.24) is 9.88 Å². The number of aryl methyl sites for hydroxylation is 1. The number of hydrogen-bond donors (Lipinski definition) is 1. The summed E-state index contributed by atoms with van der Waals surface area (Å²) in [7, 11) is 0. The van der Waals surface area contributed by atoms with E-state index in [1.807, 2.05) is 18.0 Å². The number of morpholine rings is 1. The molecule has 1 fully saturated rings. The van der Waals surface area contributed by atoms with Gasteiger partial charge in [-0.3, -0.25) is 4.79 Å². The van der Waals surface area contributed by atoms with Crippen LogP contribution in [0.4, 0.5) is 0 Å². The molecule has 14 heavy (non-hydrogen) atoms. The van der Waals surface area contributed by atoms with Gasteiger partial charge in [0.1, 0.15) is 0 Å². The van der Waals surface area contributed by atoms with Gasteiger partial charge in [0.2, 0.25) is 0 Å². The molecule has 1 N–H and O–H groups in total. The molecule has 1 amide bonds. The topological polar surface area (TPSA) is 45.3 Å². The van der Waals surface area contributed by atoms with Crippen molar-refractivity contribution in [2.24, 2.45) is 0 Å². The van der Waals surface area contributed by atoms with Crippen LogP contribution >= 0.6 is 0 Å².